The van der Waals surface area contributed by atoms with Crippen LogP contribution in [-0.2, 0) is 11.3 Å². The number of amides is 1. The number of halogens is 2. The molecule has 0 aliphatic carbocycles. The smallest absolute Gasteiger partial charge is 0.318 e. The van der Waals surface area contributed by atoms with Crippen molar-refractivity contribution in [2.75, 3.05) is 0 Å². The van der Waals surface area contributed by atoms with Crippen molar-refractivity contribution >= 4 is 51.5 Å². The highest BCUT2D eigenvalue weighted by Gasteiger charge is 2.22. The van der Waals surface area contributed by atoms with Crippen LogP contribution in [0.4, 0.5) is 5.69 Å². The van der Waals surface area contributed by atoms with Gasteiger partial charge < -0.3 is 14.9 Å². The maximum Gasteiger partial charge on any atom is 0.318 e. The Balaban J connectivity index is 1.78. The molecule has 4 aromatic rings. The van der Waals surface area contributed by atoms with Crippen molar-refractivity contribution in [3.8, 4) is 5.75 Å². The van der Waals surface area contributed by atoms with E-state index >= 15 is 0 Å². The Labute approximate surface area is 200 Å². The molecule has 0 unspecified atom stereocenters. The maximum absolute atomic E-state index is 13.0. The van der Waals surface area contributed by atoms with Gasteiger partial charge in [0.2, 0.25) is 0 Å². The number of ketones is 1. The number of non-ortho nitro benzene ring substituents is 1. The molecule has 2 aromatic heterocycles. The van der Waals surface area contributed by atoms with Crippen LogP contribution in [0.5, 0.6) is 5.75 Å². The number of Topliss-reactive ketones (excluding diaryl/α,β-unsaturated/α-hetero) is 1. The topological polar surface area (TPSA) is 140 Å². The fraction of sp³-hybridized carbons (Fsp3) is 0.0455. The van der Waals surface area contributed by atoms with Crippen LogP contribution >= 0.6 is 23.2 Å². The van der Waals surface area contributed by atoms with E-state index < -0.39 is 16.6 Å². The van der Waals surface area contributed by atoms with Gasteiger partial charge in [-0.1, -0.05) is 35.3 Å². The molecule has 2 aromatic carbocycles. The SMILES string of the molecule is O=C(N=c1c(Cl)cn(O)cc1Cl)C(=O)c1cn(Cc2cccc([N+](=O)[O-])c2)c2ccc(O)cc12. The summed E-state index contributed by atoms with van der Waals surface area (Å²) in [5, 5.41) is 30.3. The lowest BCUT2D eigenvalue weighted by Gasteiger charge is -2.05. The van der Waals surface area contributed by atoms with Gasteiger partial charge in [0.1, 0.15) is 11.1 Å². The Morgan fingerprint density at radius 1 is 1.06 bits per heavy atom. The molecule has 0 spiro atoms. The van der Waals surface area contributed by atoms with E-state index in [-0.39, 0.29) is 44.3 Å². The van der Waals surface area contributed by atoms with Crippen LogP contribution in [0.25, 0.3) is 10.9 Å². The average molecular weight is 501 g/mol. The van der Waals surface area contributed by atoms with Gasteiger partial charge in [0.25, 0.3) is 11.5 Å². The lowest BCUT2D eigenvalue weighted by Crippen LogP contribution is -2.18. The number of aromatic hydroxyl groups is 1. The maximum atomic E-state index is 13.0. The monoisotopic (exact) mass is 500 g/mol. The zero-order chi connectivity index (χ0) is 24.6. The first-order valence-electron chi connectivity index (χ1n) is 9.59. The van der Waals surface area contributed by atoms with Gasteiger partial charge in [-0.3, -0.25) is 19.7 Å². The molecule has 4 rings (SSSR count). The fourth-order valence-corrected chi connectivity index (χ4v) is 3.98. The molecular weight excluding hydrogens is 487 g/mol. The van der Waals surface area contributed by atoms with Crippen molar-refractivity contribution in [3.63, 3.8) is 0 Å². The number of pyridine rings is 1. The van der Waals surface area contributed by atoms with E-state index in [1.165, 1.54) is 30.5 Å². The third-order valence-electron chi connectivity index (χ3n) is 4.93. The number of phenols is 1. The van der Waals surface area contributed by atoms with Gasteiger partial charge in [0.05, 0.1) is 32.9 Å². The molecule has 2 heterocycles. The van der Waals surface area contributed by atoms with E-state index in [0.717, 1.165) is 12.4 Å². The zero-order valence-electron chi connectivity index (χ0n) is 17.1. The number of nitro benzene ring substituents is 1. The van der Waals surface area contributed by atoms with Gasteiger partial charge in [-0.05, 0) is 23.8 Å². The van der Waals surface area contributed by atoms with Crippen LogP contribution in [-0.4, -0.2) is 36.2 Å². The second kappa shape index (κ2) is 9.00. The molecule has 34 heavy (non-hydrogen) atoms. The number of phenolic OH excluding ortho intramolecular Hbond substituents is 1. The molecule has 0 radical (unpaired) electrons. The minimum atomic E-state index is -1.17. The zero-order valence-corrected chi connectivity index (χ0v) is 18.6. The standard InChI is InChI=1S/C22H14Cl2N4O6/c23-17-10-27(32)11-18(24)20(17)25-22(31)21(30)16-9-26(19-5-4-14(29)7-15(16)19)8-12-2-1-3-13(6-12)28(33)34/h1-7,9-11,29,32H,8H2. The minimum absolute atomic E-state index is 0.0366. The summed E-state index contributed by atoms with van der Waals surface area (Å²) in [6.45, 7) is 0.161. The molecule has 2 N–H and O–H groups in total. The van der Waals surface area contributed by atoms with Gasteiger partial charge in [0.15, 0.2) is 0 Å². The van der Waals surface area contributed by atoms with Gasteiger partial charge in [-0.25, -0.2) is 4.99 Å². The summed E-state index contributed by atoms with van der Waals surface area (Å²) in [7, 11) is 0. The Hall–Kier alpha value is -4.15. The number of benzene rings is 2. The number of hydrogen-bond donors (Lipinski definition) is 2. The molecule has 172 valence electrons. The van der Waals surface area contributed by atoms with E-state index in [0.29, 0.717) is 15.8 Å². The molecule has 0 fully saturated rings. The van der Waals surface area contributed by atoms with E-state index in [1.54, 1.807) is 22.8 Å². The lowest BCUT2D eigenvalue weighted by atomic mass is 10.1. The Morgan fingerprint density at radius 2 is 1.76 bits per heavy atom. The molecule has 0 saturated carbocycles. The predicted molar refractivity (Wildman–Crippen MR) is 122 cm³/mol. The first-order valence-corrected chi connectivity index (χ1v) is 10.3. The first-order chi connectivity index (χ1) is 16.1. The van der Waals surface area contributed by atoms with Crippen LogP contribution in [0.1, 0.15) is 15.9 Å². The second-order valence-corrected chi connectivity index (χ2v) is 8.04. The number of carbonyl (C=O) groups excluding carboxylic acids is 2. The Bertz CT molecular complexity index is 1530. The molecule has 10 nitrogen and oxygen atoms in total. The third-order valence-corrected chi connectivity index (χ3v) is 5.49. The Morgan fingerprint density at radius 3 is 2.44 bits per heavy atom. The van der Waals surface area contributed by atoms with Crippen molar-refractivity contribution < 1.29 is 24.8 Å². The number of rotatable bonds is 5. The average Bonchev–Trinajstić information content (AvgIpc) is 3.12. The van der Waals surface area contributed by atoms with Gasteiger partial charge >= 0.3 is 5.91 Å². The highest BCUT2D eigenvalue weighted by Crippen LogP contribution is 2.27. The van der Waals surface area contributed by atoms with E-state index in [4.69, 9.17) is 23.2 Å². The summed E-state index contributed by atoms with van der Waals surface area (Å²) >= 11 is 11.9. The molecule has 0 bridgehead atoms. The molecule has 12 heteroatoms. The molecule has 0 saturated heterocycles. The van der Waals surface area contributed by atoms with Gasteiger partial charge in [-0.15, -0.1) is 0 Å². The van der Waals surface area contributed by atoms with Crippen molar-refractivity contribution in [2.45, 2.75) is 6.54 Å². The van der Waals surface area contributed by atoms with Crippen LogP contribution in [0.3, 0.4) is 0 Å². The van der Waals surface area contributed by atoms with Crippen molar-refractivity contribution in [2.24, 2.45) is 4.99 Å². The molecular formula is C22H14Cl2N4O6. The van der Waals surface area contributed by atoms with Gasteiger partial charge in [-0.2, -0.15) is 4.73 Å². The van der Waals surface area contributed by atoms with Crippen LogP contribution in [0, 0.1) is 10.1 Å². The van der Waals surface area contributed by atoms with E-state index in [2.05, 4.69) is 4.99 Å². The number of nitro groups is 1. The van der Waals surface area contributed by atoms with E-state index in [1.807, 2.05) is 0 Å². The van der Waals surface area contributed by atoms with Crippen LogP contribution in [0.15, 0.2) is 66.0 Å². The summed E-state index contributed by atoms with van der Waals surface area (Å²) in [6, 6.07) is 10.3. The number of aromatic nitrogens is 2. The normalized spacial score (nSPS) is 10.9. The summed E-state index contributed by atoms with van der Waals surface area (Å²) in [6.07, 6.45) is 3.51. The summed E-state index contributed by atoms with van der Waals surface area (Å²) in [4.78, 5) is 40.0. The molecule has 0 aliphatic heterocycles. The van der Waals surface area contributed by atoms with Crippen LogP contribution in [0.2, 0.25) is 10.0 Å². The highest BCUT2D eigenvalue weighted by atomic mass is 35.5. The number of carbonyl (C=O) groups is 2. The van der Waals surface area contributed by atoms with Crippen molar-refractivity contribution in [1.29, 1.82) is 0 Å². The third kappa shape index (κ3) is 4.49. The minimum Gasteiger partial charge on any atom is -0.508 e. The summed E-state index contributed by atoms with van der Waals surface area (Å²) in [5.74, 6) is -2.28. The largest absolute Gasteiger partial charge is 0.508 e. The summed E-state index contributed by atoms with van der Waals surface area (Å²) < 4.78 is 2.21. The van der Waals surface area contributed by atoms with Crippen molar-refractivity contribution in [1.82, 2.24) is 9.30 Å². The molecule has 1 amide bonds. The number of nitrogens with zero attached hydrogens (tertiary/aromatic N) is 4. The molecule has 0 atom stereocenters. The molecule has 0 aliphatic rings. The summed E-state index contributed by atoms with van der Waals surface area (Å²) in [5.41, 5.74) is 0.982. The number of hydrogen-bond acceptors (Lipinski definition) is 6. The predicted octanol–water partition coefficient (Wildman–Crippen LogP) is 3.96. The van der Waals surface area contributed by atoms with Crippen molar-refractivity contribution in [3.05, 3.63) is 97.7 Å². The Kier molecular flexibility index (Phi) is 6.10. The lowest BCUT2D eigenvalue weighted by molar-refractivity contribution is -0.384. The second-order valence-electron chi connectivity index (χ2n) is 7.23. The highest BCUT2D eigenvalue weighted by molar-refractivity contribution is 6.45. The van der Waals surface area contributed by atoms with Gasteiger partial charge in [0, 0.05) is 35.8 Å². The van der Waals surface area contributed by atoms with Crippen LogP contribution < -0.4 is 5.36 Å². The van der Waals surface area contributed by atoms with E-state index in [9.17, 15) is 30.0 Å². The number of fused-ring (bicyclic) bond motifs is 1. The first kappa shape index (κ1) is 23.0. The fourth-order valence-electron chi connectivity index (χ4n) is 3.44. The quantitative estimate of drug-likeness (QED) is 0.140.